The lowest BCUT2D eigenvalue weighted by atomic mass is 9.79. The van der Waals surface area contributed by atoms with E-state index in [4.69, 9.17) is 25.5 Å². The predicted molar refractivity (Wildman–Crippen MR) is 164 cm³/mol. The van der Waals surface area contributed by atoms with Crippen molar-refractivity contribution in [3.63, 3.8) is 0 Å². The molecule has 2 aromatic carbocycles. The van der Waals surface area contributed by atoms with Crippen LogP contribution in [0.25, 0.3) is 11.0 Å². The number of fused-ring (bicyclic) bond motifs is 2. The molecule has 2 aliphatic heterocycles. The van der Waals surface area contributed by atoms with E-state index in [9.17, 15) is 19.2 Å². The highest BCUT2D eigenvalue weighted by Gasteiger charge is 2.48. The third kappa shape index (κ3) is 6.62. The number of likely N-dealkylation sites (N-methyl/N-ethyl adjacent to an activating group) is 1. The summed E-state index contributed by atoms with van der Waals surface area (Å²) < 4.78 is 16.9. The Bertz CT molecular complexity index is 1570. The van der Waals surface area contributed by atoms with E-state index < -0.39 is 5.92 Å². The summed E-state index contributed by atoms with van der Waals surface area (Å²) in [6, 6.07) is 10.4. The highest BCUT2D eigenvalue weighted by atomic mass is 35.5. The van der Waals surface area contributed by atoms with Gasteiger partial charge in [0.2, 0.25) is 17.7 Å². The molecular formula is C32H37ClN4O7. The first kappa shape index (κ1) is 31.2. The van der Waals surface area contributed by atoms with Crippen LogP contribution in [0.2, 0.25) is 5.02 Å². The van der Waals surface area contributed by atoms with Crippen LogP contribution >= 0.6 is 11.6 Å². The van der Waals surface area contributed by atoms with Gasteiger partial charge < -0.3 is 34.3 Å². The van der Waals surface area contributed by atoms with Crippen molar-refractivity contribution in [1.82, 2.24) is 20.4 Å². The number of carbonyl (C=O) groups excluding carboxylic acids is 4. The molecule has 0 saturated carbocycles. The predicted octanol–water partition coefficient (Wildman–Crippen LogP) is 3.13. The molecule has 3 aromatic rings. The number of furan rings is 1. The fourth-order valence-electron chi connectivity index (χ4n) is 6.11. The van der Waals surface area contributed by atoms with E-state index in [0.717, 1.165) is 10.9 Å². The Kier molecular flexibility index (Phi) is 9.33. The van der Waals surface area contributed by atoms with Gasteiger partial charge in [-0.25, -0.2) is 0 Å². The fraction of sp³-hybridized carbons (Fsp3) is 0.438. The van der Waals surface area contributed by atoms with Crippen LogP contribution in [0.5, 0.6) is 11.5 Å². The van der Waals surface area contributed by atoms with Crippen molar-refractivity contribution in [2.75, 3.05) is 46.9 Å². The molecule has 3 unspecified atom stereocenters. The molecule has 5 rings (SSSR count). The second-order valence-corrected chi connectivity index (χ2v) is 12.0. The van der Waals surface area contributed by atoms with Crippen molar-refractivity contribution in [1.29, 1.82) is 0 Å². The lowest BCUT2D eigenvalue weighted by Gasteiger charge is -2.39. The summed E-state index contributed by atoms with van der Waals surface area (Å²) in [4.78, 5) is 56.0. The molecule has 0 aliphatic carbocycles. The van der Waals surface area contributed by atoms with Gasteiger partial charge in [-0.3, -0.25) is 19.2 Å². The minimum atomic E-state index is -0.601. The Hall–Kier alpha value is -4.25. The third-order valence-corrected chi connectivity index (χ3v) is 8.53. The van der Waals surface area contributed by atoms with E-state index in [0.29, 0.717) is 47.3 Å². The van der Waals surface area contributed by atoms with E-state index in [2.05, 4.69) is 10.6 Å². The van der Waals surface area contributed by atoms with Crippen molar-refractivity contribution < 1.29 is 33.1 Å². The molecule has 2 saturated heterocycles. The molecule has 12 heteroatoms. The van der Waals surface area contributed by atoms with Gasteiger partial charge in [-0.2, -0.15) is 0 Å². The maximum atomic E-state index is 13.7. The summed E-state index contributed by atoms with van der Waals surface area (Å²) in [5.74, 6) is -0.907. The zero-order valence-electron chi connectivity index (χ0n) is 25.2. The quantitative estimate of drug-likeness (QED) is 0.374. The largest absolute Gasteiger partial charge is 0.493 e. The first-order chi connectivity index (χ1) is 21.1. The summed E-state index contributed by atoms with van der Waals surface area (Å²) in [6.45, 7) is 4.96. The number of hydrogen-bond donors (Lipinski definition) is 2. The number of methoxy groups -OCH3 is 1. The van der Waals surface area contributed by atoms with Crippen molar-refractivity contribution in [2.45, 2.75) is 26.4 Å². The average molecular weight is 625 g/mol. The van der Waals surface area contributed by atoms with E-state index >= 15 is 0 Å². The molecule has 2 fully saturated rings. The van der Waals surface area contributed by atoms with Gasteiger partial charge in [0, 0.05) is 54.8 Å². The Morgan fingerprint density at radius 3 is 2.52 bits per heavy atom. The van der Waals surface area contributed by atoms with Crippen LogP contribution in [0, 0.1) is 17.8 Å². The molecule has 11 nitrogen and oxygen atoms in total. The van der Waals surface area contributed by atoms with Gasteiger partial charge in [0.15, 0.2) is 11.5 Å². The van der Waals surface area contributed by atoms with Crippen LogP contribution in [0.1, 0.15) is 29.8 Å². The third-order valence-electron chi connectivity index (χ3n) is 8.29. The Labute approximate surface area is 260 Å². The number of amides is 4. The van der Waals surface area contributed by atoms with Gasteiger partial charge in [-0.15, -0.1) is 0 Å². The van der Waals surface area contributed by atoms with E-state index in [-0.39, 0.29) is 61.1 Å². The summed E-state index contributed by atoms with van der Waals surface area (Å²) in [5, 5.41) is 6.55. The molecule has 0 radical (unpaired) electrons. The average Bonchev–Trinajstić information content (AvgIpc) is 3.62. The minimum absolute atomic E-state index is 0.0602. The molecular weight excluding hydrogens is 588 g/mol. The topological polar surface area (TPSA) is 130 Å². The van der Waals surface area contributed by atoms with Crippen LogP contribution in [-0.4, -0.2) is 86.4 Å². The number of carbonyl (C=O) groups is 4. The Morgan fingerprint density at radius 1 is 1.02 bits per heavy atom. The second-order valence-electron chi connectivity index (χ2n) is 11.5. The zero-order valence-corrected chi connectivity index (χ0v) is 26.0. The molecule has 3 heterocycles. The number of benzene rings is 2. The van der Waals surface area contributed by atoms with Gasteiger partial charge in [0.05, 0.1) is 38.4 Å². The van der Waals surface area contributed by atoms with Crippen molar-refractivity contribution >= 4 is 46.2 Å². The standard InChI is InChI=1S/C32H37ClN4O7/c1-18(2)44-26-8-5-19(9-28(26)42-4)32(41)37-14-21-13-36(16-25(24(21)15-37)31(40)35-12-29(38)34-3)30(39)10-20-17-43-27-11-22(33)6-7-23(20)27/h5-9,11,17-18,21,24-25H,10,12-16H2,1-4H3,(H,34,38)(H,35,40). The lowest BCUT2D eigenvalue weighted by Crippen LogP contribution is -2.54. The first-order valence-electron chi connectivity index (χ1n) is 14.6. The number of rotatable bonds is 9. The maximum absolute atomic E-state index is 13.7. The molecule has 4 amide bonds. The van der Waals surface area contributed by atoms with Crippen LogP contribution in [0.4, 0.5) is 0 Å². The molecule has 0 spiro atoms. The number of nitrogens with zero attached hydrogens (tertiary/aromatic N) is 2. The molecule has 44 heavy (non-hydrogen) atoms. The van der Waals surface area contributed by atoms with Crippen molar-refractivity contribution in [3.8, 4) is 11.5 Å². The summed E-state index contributed by atoms with van der Waals surface area (Å²) in [7, 11) is 3.02. The number of halogens is 1. The number of piperidine rings is 1. The Morgan fingerprint density at radius 2 is 1.80 bits per heavy atom. The van der Waals surface area contributed by atoms with Crippen LogP contribution in [0.15, 0.2) is 47.1 Å². The number of nitrogens with one attached hydrogen (secondary N) is 2. The van der Waals surface area contributed by atoms with Crippen LogP contribution < -0.4 is 20.1 Å². The molecule has 3 atom stereocenters. The molecule has 1 aromatic heterocycles. The van der Waals surface area contributed by atoms with Crippen molar-refractivity contribution in [3.05, 3.63) is 58.8 Å². The first-order valence-corrected chi connectivity index (χ1v) is 15.0. The second kappa shape index (κ2) is 13.2. The highest BCUT2D eigenvalue weighted by molar-refractivity contribution is 6.31. The molecule has 0 bridgehead atoms. The minimum Gasteiger partial charge on any atom is -0.493 e. The van der Waals surface area contributed by atoms with Gasteiger partial charge >= 0.3 is 0 Å². The van der Waals surface area contributed by atoms with Gasteiger partial charge in [0.1, 0.15) is 5.58 Å². The van der Waals surface area contributed by atoms with E-state index in [1.807, 2.05) is 19.9 Å². The van der Waals surface area contributed by atoms with Crippen LogP contribution in [-0.2, 0) is 20.8 Å². The molecule has 234 valence electrons. The fourth-order valence-corrected chi connectivity index (χ4v) is 6.27. The van der Waals surface area contributed by atoms with Gasteiger partial charge in [0.25, 0.3) is 5.91 Å². The molecule has 2 N–H and O–H groups in total. The Balaban J connectivity index is 1.35. The van der Waals surface area contributed by atoms with E-state index in [1.165, 1.54) is 14.2 Å². The van der Waals surface area contributed by atoms with Gasteiger partial charge in [-0.1, -0.05) is 11.6 Å². The van der Waals surface area contributed by atoms with Crippen LogP contribution in [0.3, 0.4) is 0 Å². The summed E-state index contributed by atoms with van der Waals surface area (Å²) in [6.07, 6.45) is 1.59. The maximum Gasteiger partial charge on any atom is 0.254 e. The highest BCUT2D eigenvalue weighted by Crippen LogP contribution is 2.37. The lowest BCUT2D eigenvalue weighted by molar-refractivity contribution is -0.139. The molecule has 2 aliphatic rings. The van der Waals surface area contributed by atoms with E-state index in [1.54, 1.807) is 46.4 Å². The number of ether oxygens (including phenoxy) is 2. The monoisotopic (exact) mass is 624 g/mol. The van der Waals surface area contributed by atoms with Crippen molar-refractivity contribution in [2.24, 2.45) is 17.8 Å². The summed E-state index contributed by atoms with van der Waals surface area (Å²) in [5.41, 5.74) is 1.76. The normalized spacial score (nSPS) is 19.5. The smallest absolute Gasteiger partial charge is 0.254 e. The SMILES string of the molecule is CNC(=O)CNC(=O)C1CN(C(=O)Cc2coc3cc(Cl)ccc23)CC2CN(C(=O)c3ccc(OC(C)C)c(OC)c3)CC21. The van der Waals surface area contributed by atoms with Gasteiger partial charge in [-0.05, 0) is 62.1 Å². The number of likely N-dealkylation sites (tertiary alicyclic amines) is 2. The summed E-state index contributed by atoms with van der Waals surface area (Å²) >= 11 is 6.08. The zero-order chi connectivity index (χ0) is 31.5. The number of hydrogen-bond acceptors (Lipinski definition) is 7.